The van der Waals surface area contributed by atoms with Gasteiger partial charge in [0, 0.05) is 12.6 Å². The first kappa shape index (κ1) is 24.1. The van der Waals surface area contributed by atoms with Crippen molar-refractivity contribution in [2.24, 2.45) is 0 Å². The molecule has 0 aromatic heterocycles. The summed E-state index contributed by atoms with van der Waals surface area (Å²) in [4.78, 5) is 2.29. The predicted molar refractivity (Wildman–Crippen MR) is 121 cm³/mol. The highest BCUT2D eigenvalue weighted by Crippen LogP contribution is 2.33. The van der Waals surface area contributed by atoms with Crippen LogP contribution in [0.15, 0.2) is 72.8 Å². The third-order valence-corrected chi connectivity index (χ3v) is 5.61. The first-order valence-electron chi connectivity index (χ1n) is 10.3. The Labute approximate surface area is 191 Å². The summed E-state index contributed by atoms with van der Waals surface area (Å²) in [6, 6.07) is 20.3. The van der Waals surface area contributed by atoms with Crippen molar-refractivity contribution in [1.29, 1.82) is 0 Å². The summed E-state index contributed by atoms with van der Waals surface area (Å²) < 4.78 is 45.0. The van der Waals surface area contributed by atoms with Crippen molar-refractivity contribution in [3.05, 3.63) is 83.9 Å². The molecule has 0 bridgehead atoms. The van der Waals surface area contributed by atoms with Gasteiger partial charge in [0.2, 0.25) is 0 Å². The molecule has 3 aromatic carbocycles. The SMILES string of the molecule is Cl.OC[C@H]1CCCN1Cc1ccc(Oc2cccc(-c3cccc(C(F)(F)F)c3)c2)cc1. The molecule has 4 rings (SSSR count). The minimum absolute atomic E-state index is 0. The zero-order valence-electron chi connectivity index (χ0n) is 17.4. The van der Waals surface area contributed by atoms with Crippen LogP contribution in [0.5, 0.6) is 11.5 Å². The third-order valence-electron chi connectivity index (χ3n) is 5.61. The van der Waals surface area contributed by atoms with Gasteiger partial charge in [-0.25, -0.2) is 0 Å². The lowest BCUT2D eigenvalue weighted by molar-refractivity contribution is -0.137. The molecule has 1 aliphatic rings. The molecule has 7 heteroatoms. The highest BCUT2D eigenvalue weighted by Gasteiger charge is 2.30. The van der Waals surface area contributed by atoms with Crippen LogP contribution in [0.25, 0.3) is 11.1 Å². The topological polar surface area (TPSA) is 32.7 Å². The van der Waals surface area contributed by atoms with Crippen molar-refractivity contribution in [2.45, 2.75) is 31.6 Å². The second-order valence-electron chi connectivity index (χ2n) is 7.80. The number of rotatable bonds is 6. The number of alkyl halides is 3. The summed E-state index contributed by atoms with van der Waals surface area (Å²) >= 11 is 0. The van der Waals surface area contributed by atoms with Gasteiger partial charge in [-0.05, 0) is 72.5 Å². The van der Waals surface area contributed by atoms with Gasteiger partial charge in [0.1, 0.15) is 11.5 Å². The molecule has 3 nitrogen and oxygen atoms in total. The van der Waals surface area contributed by atoms with Gasteiger partial charge in [0.25, 0.3) is 0 Å². The van der Waals surface area contributed by atoms with Crippen molar-refractivity contribution < 1.29 is 23.0 Å². The lowest BCUT2D eigenvalue weighted by Crippen LogP contribution is -2.31. The number of ether oxygens (including phenoxy) is 1. The van der Waals surface area contributed by atoms with Crippen molar-refractivity contribution in [2.75, 3.05) is 13.2 Å². The number of halogens is 4. The number of benzene rings is 3. The minimum atomic E-state index is -4.38. The van der Waals surface area contributed by atoms with Crippen molar-refractivity contribution in [3.8, 4) is 22.6 Å². The summed E-state index contributed by atoms with van der Waals surface area (Å²) in [5, 5.41) is 9.46. The summed E-state index contributed by atoms with van der Waals surface area (Å²) in [6.45, 7) is 1.96. The minimum Gasteiger partial charge on any atom is -0.457 e. The highest BCUT2D eigenvalue weighted by atomic mass is 35.5. The molecule has 0 radical (unpaired) electrons. The van der Waals surface area contributed by atoms with E-state index in [1.54, 1.807) is 30.3 Å². The van der Waals surface area contributed by atoms with E-state index in [0.717, 1.165) is 43.6 Å². The summed E-state index contributed by atoms with van der Waals surface area (Å²) in [7, 11) is 0. The van der Waals surface area contributed by atoms with E-state index in [-0.39, 0.29) is 25.1 Å². The van der Waals surface area contributed by atoms with Crippen LogP contribution in [0.4, 0.5) is 13.2 Å². The maximum absolute atomic E-state index is 13.0. The van der Waals surface area contributed by atoms with Gasteiger partial charge >= 0.3 is 6.18 Å². The van der Waals surface area contributed by atoms with E-state index in [4.69, 9.17) is 4.74 Å². The van der Waals surface area contributed by atoms with E-state index in [9.17, 15) is 18.3 Å². The molecule has 0 unspecified atom stereocenters. The number of aliphatic hydroxyl groups excluding tert-OH is 1. The van der Waals surface area contributed by atoms with Crippen molar-refractivity contribution >= 4 is 12.4 Å². The molecule has 0 spiro atoms. The second-order valence-corrected chi connectivity index (χ2v) is 7.80. The summed E-state index contributed by atoms with van der Waals surface area (Å²) in [5.74, 6) is 1.22. The Morgan fingerprint density at radius 2 is 1.59 bits per heavy atom. The van der Waals surface area contributed by atoms with Crippen molar-refractivity contribution in [1.82, 2.24) is 4.90 Å². The highest BCUT2D eigenvalue weighted by molar-refractivity contribution is 5.85. The number of hydrogen-bond acceptors (Lipinski definition) is 3. The average molecular weight is 464 g/mol. The van der Waals surface area contributed by atoms with Crippen LogP contribution in [0.1, 0.15) is 24.0 Å². The largest absolute Gasteiger partial charge is 0.457 e. The van der Waals surface area contributed by atoms with E-state index in [1.165, 1.54) is 6.07 Å². The number of hydrogen-bond donors (Lipinski definition) is 1. The van der Waals surface area contributed by atoms with Crippen LogP contribution in [-0.4, -0.2) is 29.2 Å². The standard InChI is InChI=1S/C25H24F3NO2.ClH/c26-25(27,28)21-6-1-4-19(14-21)20-5-2-8-24(15-20)31-23-11-9-18(10-12-23)16-29-13-3-7-22(29)17-30;/h1-2,4-6,8-12,14-15,22,30H,3,7,13,16-17H2;1H/t22-;/m1./s1. The van der Waals surface area contributed by atoms with Crippen LogP contribution >= 0.6 is 12.4 Å². The van der Waals surface area contributed by atoms with E-state index in [0.29, 0.717) is 22.6 Å². The molecule has 1 atom stereocenters. The fourth-order valence-electron chi connectivity index (χ4n) is 3.96. The normalized spacial score (nSPS) is 16.6. The van der Waals surface area contributed by atoms with E-state index in [2.05, 4.69) is 4.90 Å². The Morgan fingerprint density at radius 1 is 0.906 bits per heavy atom. The summed E-state index contributed by atoms with van der Waals surface area (Å²) in [5.41, 5.74) is 1.61. The molecule has 0 saturated carbocycles. The maximum atomic E-state index is 13.0. The van der Waals surface area contributed by atoms with Gasteiger partial charge in [0.05, 0.1) is 12.2 Å². The smallest absolute Gasteiger partial charge is 0.416 e. The molecule has 1 heterocycles. The zero-order chi connectivity index (χ0) is 21.8. The first-order chi connectivity index (χ1) is 14.9. The van der Waals surface area contributed by atoms with Crippen molar-refractivity contribution in [3.63, 3.8) is 0 Å². The van der Waals surface area contributed by atoms with Gasteiger partial charge in [0.15, 0.2) is 0 Å². The summed E-state index contributed by atoms with van der Waals surface area (Å²) in [6.07, 6.45) is -2.24. The van der Waals surface area contributed by atoms with E-state index < -0.39 is 11.7 Å². The molecule has 1 saturated heterocycles. The fraction of sp³-hybridized carbons (Fsp3) is 0.280. The molecule has 1 aliphatic heterocycles. The van der Waals surface area contributed by atoms with Gasteiger partial charge in [-0.2, -0.15) is 13.2 Å². The Bertz CT molecular complexity index is 1020. The quantitative estimate of drug-likeness (QED) is 0.450. The number of aliphatic hydroxyl groups is 1. The molecule has 3 aromatic rings. The Hall–Kier alpha value is -2.54. The number of likely N-dealkylation sites (tertiary alicyclic amines) is 1. The van der Waals surface area contributed by atoms with Gasteiger partial charge < -0.3 is 9.84 Å². The average Bonchev–Trinajstić information content (AvgIpc) is 3.22. The first-order valence-corrected chi connectivity index (χ1v) is 10.3. The third kappa shape index (κ3) is 5.82. The Morgan fingerprint density at radius 3 is 2.28 bits per heavy atom. The molecular formula is C25H25ClF3NO2. The van der Waals surface area contributed by atoms with E-state index >= 15 is 0 Å². The van der Waals surface area contributed by atoms with Gasteiger partial charge in [-0.3, -0.25) is 4.90 Å². The lowest BCUT2D eigenvalue weighted by Gasteiger charge is -2.22. The molecular weight excluding hydrogens is 439 g/mol. The van der Waals surface area contributed by atoms with E-state index in [1.807, 2.05) is 24.3 Å². The Kier molecular flexibility index (Phi) is 7.82. The van der Waals surface area contributed by atoms with Gasteiger partial charge in [-0.15, -0.1) is 12.4 Å². The zero-order valence-corrected chi connectivity index (χ0v) is 18.2. The predicted octanol–water partition coefficient (Wildman–Crippen LogP) is 6.54. The molecule has 0 amide bonds. The fourth-order valence-corrected chi connectivity index (χ4v) is 3.96. The lowest BCUT2D eigenvalue weighted by atomic mass is 10.0. The molecule has 0 aliphatic carbocycles. The second kappa shape index (κ2) is 10.4. The van der Waals surface area contributed by atoms with Crippen LogP contribution in [0.3, 0.4) is 0 Å². The molecule has 170 valence electrons. The van der Waals surface area contributed by atoms with Gasteiger partial charge in [-0.1, -0.05) is 36.4 Å². The molecule has 1 N–H and O–H groups in total. The van der Waals surface area contributed by atoms with Crippen LogP contribution < -0.4 is 4.74 Å². The van der Waals surface area contributed by atoms with Crippen LogP contribution in [0, 0.1) is 0 Å². The van der Waals surface area contributed by atoms with Crippen LogP contribution in [-0.2, 0) is 12.7 Å². The van der Waals surface area contributed by atoms with Crippen LogP contribution in [0.2, 0.25) is 0 Å². The molecule has 1 fully saturated rings. The monoisotopic (exact) mass is 463 g/mol. The maximum Gasteiger partial charge on any atom is 0.416 e. The Balaban J connectivity index is 0.00000289. The number of nitrogens with zero attached hydrogens (tertiary/aromatic N) is 1. The molecule has 32 heavy (non-hydrogen) atoms.